The molecule has 0 saturated heterocycles. The first-order chi connectivity index (χ1) is 5.83. The molecule has 0 saturated carbocycles. The van der Waals surface area contributed by atoms with Gasteiger partial charge in [-0.2, -0.15) is 0 Å². The van der Waals surface area contributed by atoms with Crippen molar-refractivity contribution in [3.8, 4) is 0 Å². The average Bonchev–Trinajstić information content (AvgIpc) is 2.02. The van der Waals surface area contributed by atoms with Crippen molar-refractivity contribution in [2.45, 2.75) is 58.7 Å². The van der Waals surface area contributed by atoms with Crippen molar-refractivity contribution < 1.29 is 14.9 Å². The van der Waals surface area contributed by atoms with E-state index in [0.29, 0.717) is 0 Å². The maximum Gasteiger partial charge on any atom is 0.121 e. The average molecular weight is 190 g/mol. The van der Waals surface area contributed by atoms with Crippen LogP contribution in [-0.2, 0) is 9.78 Å². The van der Waals surface area contributed by atoms with Gasteiger partial charge in [-0.25, -0.2) is 9.78 Å². The number of hydrogen-bond acceptors (Lipinski definition) is 3. The minimum absolute atomic E-state index is 0.0464. The summed E-state index contributed by atoms with van der Waals surface area (Å²) in [6, 6.07) is 0. The minimum atomic E-state index is -0.620. The molecule has 3 heteroatoms. The summed E-state index contributed by atoms with van der Waals surface area (Å²) in [6.07, 6.45) is 1.99. The molecule has 80 valence electrons. The van der Waals surface area contributed by atoms with E-state index in [1.807, 2.05) is 13.8 Å². The number of rotatable bonds is 6. The van der Waals surface area contributed by atoms with Gasteiger partial charge in [0.1, 0.15) is 5.60 Å². The van der Waals surface area contributed by atoms with E-state index in [2.05, 4.69) is 6.92 Å². The van der Waals surface area contributed by atoms with Crippen LogP contribution in [0, 0.1) is 0 Å². The largest absolute Gasteiger partial charge is 0.393 e. The molecule has 0 aromatic heterocycles. The molecule has 0 rings (SSSR count). The van der Waals surface area contributed by atoms with Crippen LogP contribution in [0.2, 0.25) is 0 Å². The van der Waals surface area contributed by atoms with Crippen molar-refractivity contribution in [2.24, 2.45) is 0 Å². The van der Waals surface area contributed by atoms with E-state index >= 15 is 0 Å². The van der Waals surface area contributed by atoms with Crippen LogP contribution in [-0.4, -0.2) is 22.9 Å². The van der Waals surface area contributed by atoms with Crippen molar-refractivity contribution in [2.75, 3.05) is 6.61 Å². The summed E-state index contributed by atoms with van der Waals surface area (Å²) in [5.41, 5.74) is -0.897. The van der Waals surface area contributed by atoms with Gasteiger partial charge in [0, 0.05) is 0 Å². The minimum Gasteiger partial charge on any atom is -0.393 e. The summed E-state index contributed by atoms with van der Waals surface area (Å²) in [4.78, 5) is 10.4. The summed E-state index contributed by atoms with van der Waals surface area (Å²) in [7, 11) is 0. The molecule has 0 aliphatic rings. The Balaban J connectivity index is 3.86. The number of aliphatic hydroxyl groups is 1. The standard InChI is InChI=1S/C10H22O3/c1-6-7-9(2,3)12-13-10(4,5)8-11/h11H,6-8H2,1-5H3. The third-order valence-electron chi connectivity index (χ3n) is 1.73. The van der Waals surface area contributed by atoms with Gasteiger partial charge < -0.3 is 5.11 Å². The van der Waals surface area contributed by atoms with Gasteiger partial charge in [0.15, 0.2) is 0 Å². The Bertz CT molecular complexity index is 141. The van der Waals surface area contributed by atoms with Crippen LogP contribution >= 0.6 is 0 Å². The molecule has 1 N–H and O–H groups in total. The first-order valence-electron chi connectivity index (χ1n) is 4.81. The van der Waals surface area contributed by atoms with E-state index in [0.717, 1.165) is 12.8 Å². The van der Waals surface area contributed by atoms with Crippen LogP contribution in [0.5, 0.6) is 0 Å². The lowest BCUT2D eigenvalue weighted by Crippen LogP contribution is -2.35. The molecular formula is C10H22O3. The van der Waals surface area contributed by atoms with Crippen LogP contribution in [0.4, 0.5) is 0 Å². The zero-order chi connectivity index (χ0) is 10.5. The highest BCUT2D eigenvalue weighted by atomic mass is 17.2. The highest BCUT2D eigenvalue weighted by Gasteiger charge is 2.25. The summed E-state index contributed by atoms with van der Waals surface area (Å²) >= 11 is 0. The fourth-order valence-electron chi connectivity index (χ4n) is 0.896. The summed E-state index contributed by atoms with van der Waals surface area (Å²) in [6.45, 7) is 9.58. The molecule has 0 aromatic carbocycles. The lowest BCUT2D eigenvalue weighted by molar-refractivity contribution is -0.405. The highest BCUT2D eigenvalue weighted by Crippen LogP contribution is 2.20. The van der Waals surface area contributed by atoms with E-state index in [-0.39, 0.29) is 12.2 Å². The second kappa shape index (κ2) is 4.94. The van der Waals surface area contributed by atoms with Crippen LogP contribution in [0.3, 0.4) is 0 Å². The first-order valence-corrected chi connectivity index (χ1v) is 4.81. The molecule has 0 aliphatic carbocycles. The summed E-state index contributed by atoms with van der Waals surface area (Å²) in [5.74, 6) is 0. The monoisotopic (exact) mass is 190 g/mol. The number of hydrogen-bond donors (Lipinski definition) is 1. The molecule has 0 spiro atoms. The zero-order valence-corrected chi connectivity index (χ0v) is 9.39. The Hall–Kier alpha value is -0.120. The molecule has 0 radical (unpaired) electrons. The third-order valence-corrected chi connectivity index (χ3v) is 1.73. The normalized spacial score (nSPS) is 13.4. The van der Waals surface area contributed by atoms with Gasteiger partial charge in [-0.1, -0.05) is 13.3 Å². The smallest absolute Gasteiger partial charge is 0.121 e. The Morgan fingerprint density at radius 2 is 1.46 bits per heavy atom. The fraction of sp³-hybridized carbons (Fsp3) is 1.00. The third kappa shape index (κ3) is 6.02. The van der Waals surface area contributed by atoms with E-state index in [1.54, 1.807) is 13.8 Å². The molecule has 0 unspecified atom stereocenters. The van der Waals surface area contributed by atoms with Crippen molar-refractivity contribution in [3.05, 3.63) is 0 Å². The molecule has 0 aromatic rings. The van der Waals surface area contributed by atoms with Gasteiger partial charge in [0.05, 0.1) is 12.2 Å². The first kappa shape index (κ1) is 12.9. The molecule has 0 heterocycles. The predicted molar refractivity (Wildman–Crippen MR) is 52.3 cm³/mol. The quantitative estimate of drug-likeness (QED) is 0.516. The Morgan fingerprint density at radius 3 is 1.85 bits per heavy atom. The van der Waals surface area contributed by atoms with E-state index in [4.69, 9.17) is 14.9 Å². The number of aliphatic hydroxyl groups excluding tert-OH is 1. The van der Waals surface area contributed by atoms with Gasteiger partial charge in [0.25, 0.3) is 0 Å². The van der Waals surface area contributed by atoms with E-state index < -0.39 is 5.60 Å². The van der Waals surface area contributed by atoms with Crippen LogP contribution < -0.4 is 0 Å². The van der Waals surface area contributed by atoms with Crippen molar-refractivity contribution >= 4 is 0 Å². The molecule has 0 atom stereocenters. The Morgan fingerprint density at radius 1 is 1.00 bits per heavy atom. The fourth-order valence-corrected chi connectivity index (χ4v) is 0.896. The Labute approximate surface area is 81.0 Å². The summed E-state index contributed by atoms with van der Waals surface area (Å²) in [5, 5.41) is 8.92. The van der Waals surface area contributed by atoms with Crippen molar-refractivity contribution in [1.29, 1.82) is 0 Å². The SMILES string of the molecule is CCCC(C)(C)OOC(C)(C)CO. The molecule has 0 fully saturated rings. The van der Waals surface area contributed by atoms with E-state index in [9.17, 15) is 0 Å². The maximum atomic E-state index is 8.92. The second-order valence-corrected chi connectivity index (χ2v) is 4.59. The molecule has 0 aliphatic heterocycles. The van der Waals surface area contributed by atoms with Gasteiger partial charge in [-0.05, 0) is 34.1 Å². The Kier molecular flexibility index (Phi) is 4.89. The molecule has 0 amide bonds. The zero-order valence-electron chi connectivity index (χ0n) is 9.39. The molecular weight excluding hydrogens is 168 g/mol. The molecule has 0 bridgehead atoms. The van der Waals surface area contributed by atoms with Crippen LogP contribution in [0.25, 0.3) is 0 Å². The topological polar surface area (TPSA) is 38.7 Å². The van der Waals surface area contributed by atoms with Gasteiger partial charge in [-0.15, -0.1) is 0 Å². The van der Waals surface area contributed by atoms with Crippen LogP contribution in [0.1, 0.15) is 47.5 Å². The lowest BCUT2D eigenvalue weighted by atomic mass is 10.0. The van der Waals surface area contributed by atoms with Crippen molar-refractivity contribution in [3.63, 3.8) is 0 Å². The summed E-state index contributed by atoms with van der Waals surface area (Å²) < 4.78 is 0. The van der Waals surface area contributed by atoms with Crippen molar-refractivity contribution in [1.82, 2.24) is 0 Å². The highest BCUT2D eigenvalue weighted by molar-refractivity contribution is 4.67. The lowest BCUT2D eigenvalue weighted by Gasteiger charge is -2.29. The van der Waals surface area contributed by atoms with Gasteiger partial charge in [0.2, 0.25) is 0 Å². The van der Waals surface area contributed by atoms with Gasteiger partial charge in [-0.3, -0.25) is 0 Å². The maximum absolute atomic E-state index is 8.92. The predicted octanol–water partition coefficient (Wildman–Crippen LogP) is 2.28. The van der Waals surface area contributed by atoms with Crippen LogP contribution in [0.15, 0.2) is 0 Å². The molecule has 13 heavy (non-hydrogen) atoms. The van der Waals surface area contributed by atoms with E-state index in [1.165, 1.54) is 0 Å². The van der Waals surface area contributed by atoms with Gasteiger partial charge >= 0.3 is 0 Å². The molecule has 3 nitrogen and oxygen atoms in total. The second-order valence-electron chi connectivity index (χ2n) is 4.59.